The van der Waals surface area contributed by atoms with Crippen LogP contribution in [0.15, 0.2) is 12.2 Å². The van der Waals surface area contributed by atoms with Gasteiger partial charge in [-0.15, -0.1) is 0 Å². The van der Waals surface area contributed by atoms with Crippen LogP contribution in [0.1, 0.15) is 265 Å². The fourth-order valence-electron chi connectivity index (χ4n) is 7.26. The lowest BCUT2D eigenvalue weighted by Crippen LogP contribution is -2.41. The summed E-state index contributed by atoms with van der Waals surface area (Å²) in [5.41, 5.74) is 0. The predicted octanol–water partition coefficient (Wildman–Crippen LogP) is 14.8. The number of aliphatic hydroxyl groups is 1. The molecule has 0 saturated heterocycles. The van der Waals surface area contributed by atoms with E-state index >= 15 is 0 Å². The average Bonchev–Trinajstić information content (AvgIpc) is 3.18. The van der Waals surface area contributed by atoms with Crippen LogP contribution in [0.25, 0.3) is 0 Å². The van der Waals surface area contributed by atoms with Crippen LogP contribution < -0.4 is 0 Å². The SMILES string of the molecule is CCCCCCCC/C=C\CCCCCCCC(=O)C(O)C(COC(=O)CCCCCCCCCCCCC)OC(=O)CCCCCCCCCCCCC. The van der Waals surface area contributed by atoms with Crippen molar-refractivity contribution in [3.63, 3.8) is 0 Å². The Hall–Kier alpha value is -1.69. The first kappa shape index (κ1) is 53.3. The normalized spacial score (nSPS) is 12.7. The zero-order valence-electron chi connectivity index (χ0n) is 36.9. The Morgan fingerprint density at radius 3 is 1.11 bits per heavy atom. The van der Waals surface area contributed by atoms with Crippen molar-refractivity contribution in [1.29, 1.82) is 0 Å². The Morgan fingerprint density at radius 1 is 0.418 bits per heavy atom. The summed E-state index contributed by atoms with van der Waals surface area (Å²) in [6.45, 7) is 6.47. The van der Waals surface area contributed by atoms with E-state index in [2.05, 4.69) is 32.9 Å². The van der Waals surface area contributed by atoms with Gasteiger partial charge in [0.05, 0.1) is 0 Å². The highest BCUT2D eigenvalue weighted by molar-refractivity contribution is 5.84. The highest BCUT2D eigenvalue weighted by Crippen LogP contribution is 2.17. The molecule has 0 aliphatic rings. The van der Waals surface area contributed by atoms with Crippen molar-refractivity contribution < 1.29 is 29.0 Å². The first-order valence-electron chi connectivity index (χ1n) is 24.2. The van der Waals surface area contributed by atoms with E-state index in [4.69, 9.17) is 9.47 Å². The van der Waals surface area contributed by atoms with E-state index in [0.29, 0.717) is 12.8 Å². The molecule has 324 valence electrons. The number of carbonyl (C=O) groups excluding carboxylic acids is 3. The van der Waals surface area contributed by atoms with Gasteiger partial charge >= 0.3 is 11.9 Å². The molecule has 0 rings (SSSR count). The molecule has 0 radical (unpaired) electrons. The molecule has 0 aliphatic heterocycles. The number of hydrogen-bond donors (Lipinski definition) is 1. The number of aliphatic hydroxyl groups excluding tert-OH is 1. The van der Waals surface area contributed by atoms with Crippen LogP contribution >= 0.6 is 0 Å². The van der Waals surface area contributed by atoms with Crippen molar-refractivity contribution in [3.8, 4) is 0 Å². The molecule has 0 aromatic heterocycles. The number of esters is 2. The predicted molar refractivity (Wildman–Crippen MR) is 233 cm³/mol. The molecule has 2 unspecified atom stereocenters. The van der Waals surface area contributed by atoms with Gasteiger partial charge in [0.1, 0.15) is 6.61 Å². The lowest BCUT2D eigenvalue weighted by atomic mass is 10.0. The minimum absolute atomic E-state index is 0.235. The van der Waals surface area contributed by atoms with Crippen molar-refractivity contribution >= 4 is 17.7 Å². The van der Waals surface area contributed by atoms with E-state index in [1.165, 1.54) is 148 Å². The largest absolute Gasteiger partial charge is 0.462 e. The van der Waals surface area contributed by atoms with E-state index in [-0.39, 0.29) is 31.2 Å². The van der Waals surface area contributed by atoms with Crippen LogP contribution in [0, 0.1) is 0 Å². The first-order valence-corrected chi connectivity index (χ1v) is 24.2. The maximum atomic E-state index is 13.0. The molecule has 2 atom stereocenters. The molecule has 0 aromatic rings. The summed E-state index contributed by atoms with van der Waals surface area (Å²) in [7, 11) is 0. The minimum atomic E-state index is -1.48. The molecule has 1 N–H and O–H groups in total. The third kappa shape index (κ3) is 38.9. The Kier molecular flexibility index (Phi) is 42.1. The van der Waals surface area contributed by atoms with Crippen molar-refractivity contribution in [2.75, 3.05) is 6.61 Å². The van der Waals surface area contributed by atoms with Gasteiger partial charge in [0.2, 0.25) is 0 Å². The fourth-order valence-corrected chi connectivity index (χ4v) is 7.26. The number of carbonyl (C=O) groups is 3. The van der Waals surface area contributed by atoms with Gasteiger partial charge in [0.15, 0.2) is 18.0 Å². The number of ketones is 1. The smallest absolute Gasteiger partial charge is 0.306 e. The summed E-state index contributed by atoms with van der Waals surface area (Å²) in [5.74, 6) is -1.14. The van der Waals surface area contributed by atoms with E-state index in [0.717, 1.165) is 70.6 Å². The molecular formula is C49H92O6. The molecule has 0 aliphatic carbocycles. The van der Waals surface area contributed by atoms with Gasteiger partial charge in [-0.3, -0.25) is 14.4 Å². The molecule has 0 saturated carbocycles. The monoisotopic (exact) mass is 777 g/mol. The second-order valence-corrected chi connectivity index (χ2v) is 16.5. The van der Waals surface area contributed by atoms with Gasteiger partial charge in [-0.2, -0.15) is 0 Å². The molecule has 0 fully saturated rings. The number of ether oxygens (including phenoxy) is 2. The first-order chi connectivity index (χ1) is 27.0. The Morgan fingerprint density at radius 2 is 0.727 bits per heavy atom. The Labute approximate surface area is 341 Å². The summed E-state index contributed by atoms with van der Waals surface area (Å²) in [6, 6.07) is 0. The number of allylic oxidation sites excluding steroid dienone is 2. The Balaban J connectivity index is 4.49. The summed E-state index contributed by atoms with van der Waals surface area (Å²) in [5, 5.41) is 11.0. The van der Waals surface area contributed by atoms with Crippen LogP contribution in [0.5, 0.6) is 0 Å². The summed E-state index contributed by atoms with van der Waals surface area (Å²) >= 11 is 0. The van der Waals surface area contributed by atoms with E-state index < -0.39 is 18.2 Å². The molecule has 55 heavy (non-hydrogen) atoms. The summed E-state index contributed by atoms with van der Waals surface area (Å²) in [6.07, 6.45) is 44.4. The highest BCUT2D eigenvalue weighted by Gasteiger charge is 2.30. The zero-order chi connectivity index (χ0) is 40.3. The summed E-state index contributed by atoms with van der Waals surface area (Å²) in [4.78, 5) is 38.4. The third-order valence-electron chi connectivity index (χ3n) is 11.0. The second-order valence-electron chi connectivity index (χ2n) is 16.5. The molecule has 0 aromatic carbocycles. The van der Waals surface area contributed by atoms with Crippen LogP contribution in [0.3, 0.4) is 0 Å². The molecule has 0 spiro atoms. The van der Waals surface area contributed by atoms with Crippen LogP contribution in [0.2, 0.25) is 0 Å². The minimum Gasteiger partial charge on any atom is -0.462 e. The quantitative estimate of drug-likeness (QED) is 0.0376. The van der Waals surface area contributed by atoms with Crippen LogP contribution in [-0.2, 0) is 23.9 Å². The van der Waals surface area contributed by atoms with E-state index in [9.17, 15) is 19.5 Å². The Bertz CT molecular complexity index is 869. The van der Waals surface area contributed by atoms with Crippen molar-refractivity contribution in [2.24, 2.45) is 0 Å². The van der Waals surface area contributed by atoms with Crippen LogP contribution in [-0.4, -0.2) is 41.6 Å². The second kappa shape index (κ2) is 43.4. The van der Waals surface area contributed by atoms with Crippen molar-refractivity contribution in [1.82, 2.24) is 0 Å². The molecular weight excluding hydrogens is 685 g/mol. The summed E-state index contributed by atoms with van der Waals surface area (Å²) < 4.78 is 11.1. The number of rotatable bonds is 44. The topological polar surface area (TPSA) is 89.9 Å². The number of Topliss-reactive ketones (excluding diaryl/α,β-unsaturated/α-hetero) is 1. The van der Waals surface area contributed by atoms with Gasteiger partial charge in [0, 0.05) is 19.3 Å². The van der Waals surface area contributed by atoms with Gasteiger partial charge < -0.3 is 14.6 Å². The maximum Gasteiger partial charge on any atom is 0.306 e. The zero-order valence-corrected chi connectivity index (χ0v) is 36.9. The van der Waals surface area contributed by atoms with Crippen molar-refractivity contribution in [3.05, 3.63) is 12.2 Å². The molecule has 6 heteroatoms. The van der Waals surface area contributed by atoms with Crippen LogP contribution in [0.4, 0.5) is 0 Å². The molecule has 0 heterocycles. The third-order valence-corrected chi connectivity index (χ3v) is 11.0. The van der Waals surface area contributed by atoms with E-state index in [1.54, 1.807) is 0 Å². The standard InChI is InChI=1S/C49H92O6/c1-4-7-10-13-16-19-22-23-24-25-28-29-32-35-38-41-45(50)49(53)46(55-48(52)43-40-37-34-31-27-21-18-15-12-9-6-3)44-54-47(51)42-39-36-33-30-26-20-17-14-11-8-5-2/h23-24,46,49,53H,4-22,25-44H2,1-3H3/b24-23-. The molecule has 0 bridgehead atoms. The molecule has 0 amide bonds. The lowest BCUT2D eigenvalue weighted by molar-refractivity contribution is -0.168. The highest BCUT2D eigenvalue weighted by atomic mass is 16.6. The van der Waals surface area contributed by atoms with Gasteiger partial charge in [-0.05, 0) is 44.9 Å². The van der Waals surface area contributed by atoms with Gasteiger partial charge in [-0.25, -0.2) is 0 Å². The van der Waals surface area contributed by atoms with Crippen molar-refractivity contribution in [2.45, 2.75) is 277 Å². The number of unbranched alkanes of at least 4 members (excludes halogenated alkanes) is 31. The van der Waals surface area contributed by atoms with Gasteiger partial charge in [0.25, 0.3) is 0 Å². The average molecular weight is 777 g/mol. The van der Waals surface area contributed by atoms with E-state index in [1.807, 2.05) is 0 Å². The maximum absolute atomic E-state index is 13.0. The fraction of sp³-hybridized carbons (Fsp3) is 0.898. The lowest BCUT2D eigenvalue weighted by Gasteiger charge is -2.22. The van der Waals surface area contributed by atoms with Gasteiger partial charge in [-0.1, -0.05) is 213 Å². The molecule has 6 nitrogen and oxygen atoms in total. The number of hydrogen-bond acceptors (Lipinski definition) is 6.